The van der Waals surface area contributed by atoms with E-state index in [1.165, 1.54) is 18.7 Å². The molecule has 1 aliphatic rings. The van der Waals surface area contributed by atoms with Gasteiger partial charge in [0.05, 0.1) is 12.7 Å². The zero-order valence-electron chi connectivity index (χ0n) is 15.6. The average Bonchev–Trinajstić information content (AvgIpc) is 2.69. The van der Waals surface area contributed by atoms with Crippen molar-refractivity contribution in [3.05, 3.63) is 54.1 Å². The van der Waals surface area contributed by atoms with E-state index in [0.29, 0.717) is 11.3 Å². The molecule has 1 saturated heterocycles. The van der Waals surface area contributed by atoms with Crippen molar-refractivity contribution in [2.75, 3.05) is 50.1 Å². The van der Waals surface area contributed by atoms with Gasteiger partial charge in [-0.3, -0.25) is 9.69 Å². The Morgan fingerprint density at radius 2 is 1.73 bits per heavy atom. The molecule has 1 heterocycles. The summed E-state index contributed by atoms with van der Waals surface area (Å²) in [5, 5.41) is 2.94. The highest BCUT2D eigenvalue weighted by molar-refractivity contribution is 6.06. The average molecular weight is 353 g/mol. The lowest BCUT2D eigenvalue weighted by Gasteiger charge is -2.36. The predicted octanol–water partition coefficient (Wildman–Crippen LogP) is 3.48. The molecule has 1 aliphatic heterocycles. The molecule has 0 aliphatic carbocycles. The van der Waals surface area contributed by atoms with Crippen molar-refractivity contribution >= 4 is 17.3 Å². The summed E-state index contributed by atoms with van der Waals surface area (Å²) in [6, 6.07) is 15.3. The number of anilines is 2. The Bertz CT molecular complexity index is 722. The van der Waals surface area contributed by atoms with E-state index in [1.54, 1.807) is 19.2 Å². The highest BCUT2D eigenvalue weighted by Crippen LogP contribution is 2.22. The first-order valence-corrected chi connectivity index (χ1v) is 9.23. The van der Waals surface area contributed by atoms with Gasteiger partial charge in [0.2, 0.25) is 0 Å². The highest BCUT2D eigenvalue weighted by atomic mass is 16.5. The van der Waals surface area contributed by atoms with E-state index in [9.17, 15) is 4.79 Å². The van der Waals surface area contributed by atoms with Crippen LogP contribution in [-0.4, -0.2) is 50.6 Å². The Hall–Kier alpha value is -2.53. The van der Waals surface area contributed by atoms with Crippen LogP contribution in [0.15, 0.2) is 48.5 Å². The number of piperazine rings is 1. The van der Waals surface area contributed by atoms with Crippen molar-refractivity contribution in [1.29, 1.82) is 0 Å². The van der Waals surface area contributed by atoms with Crippen molar-refractivity contribution in [3.8, 4) is 5.75 Å². The summed E-state index contributed by atoms with van der Waals surface area (Å²) >= 11 is 0. The minimum absolute atomic E-state index is 0.164. The number of carbonyl (C=O) groups excluding carboxylic acids is 1. The molecule has 0 unspecified atom stereocenters. The van der Waals surface area contributed by atoms with Gasteiger partial charge in [-0.1, -0.05) is 19.1 Å². The van der Waals surface area contributed by atoms with Crippen LogP contribution in [0.25, 0.3) is 0 Å². The first kappa shape index (κ1) is 18.3. The van der Waals surface area contributed by atoms with Gasteiger partial charge in [0.1, 0.15) is 5.75 Å². The number of carbonyl (C=O) groups is 1. The minimum atomic E-state index is -0.164. The summed E-state index contributed by atoms with van der Waals surface area (Å²) in [6.07, 6.45) is 1.21. The molecule has 0 spiro atoms. The van der Waals surface area contributed by atoms with Crippen LogP contribution in [0.2, 0.25) is 0 Å². The van der Waals surface area contributed by atoms with Crippen LogP contribution in [0.3, 0.4) is 0 Å². The lowest BCUT2D eigenvalue weighted by atomic mass is 10.1. The number of methoxy groups -OCH3 is 1. The molecule has 5 heteroatoms. The van der Waals surface area contributed by atoms with E-state index in [4.69, 9.17) is 4.74 Å². The van der Waals surface area contributed by atoms with Gasteiger partial charge in [-0.05, 0) is 49.4 Å². The van der Waals surface area contributed by atoms with E-state index in [1.807, 2.05) is 24.3 Å². The van der Waals surface area contributed by atoms with E-state index in [0.717, 1.165) is 31.9 Å². The van der Waals surface area contributed by atoms with E-state index in [2.05, 4.69) is 34.2 Å². The molecule has 26 heavy (non-hydrogen) atoms. The topological polar surface area (TPSA) is 44.8 Å². The Balaban J connectivity index is 1.60. The number of rotatable bonds is 6. The van der Waals surface area contributed by atoms with E-state index >= 15 is 0 Å². The summed E-state index contributed by atoms with van der Waals surface area (Å²) in [6.45, 7) is 7.73. The fourth-order valence-corrected chi connectivity index (χ4v) is 3.33. The molecule has 2 aromatic carbocycles. The fourth-order valence-electron chi connectivity index (χ4n) is 3.33. The van der Waals surface area contributed by atoms with Crippen molar-refractivity contribution in [3.63, 3.8) is 0 Å². The lowest BCUT2D eigenvalue weighted by Crippen LogP contribution is -2.46. The van der Waals surface area contributed by atoms with Crippen LogP contribution < -0.4 is 15.0 Å². The number of amides is 1. The molecule has 1 amide bonds. The summed E-state index contributed by atoms with van der Waals surface area (Å²) in [5.74, 6) is 0.412. The van der Waals surface area contributed by atoms with Gasteiger partial charge < -0.3 is 15.0 Å². The summed E-state index contributed by atoms with van der Waals surface area (Å²) in [5.41, 5.74) is 2.52. The third-order valence-corrected chi connectivity index (χ3v) is 4.75. The van der Waals surface area contributed by atoms with Gasteiger partial charge in [-0.15, -0.1) is 0 Å². The molecule has 5 nitrogen and oxygen atoms in total. The Morgan fingerprint density at radius 3 is 2.38 bits per heavy atom. The molecule has 0 bridgehead atoms. The SMILES string of the molecule is CCCN1CCN(c2ccc(NC(=O)c3ccccc3OC)cc2)CC1. The zero-order chi connectivity index (χ0) is 18.4. The van der Waals surface area contributed by atoms with Crippen molar-refractivity contribution < 1.29 is 9.53 Å². The van der Waals surface area contributed by atoms with Crippen LogP contribution in [0.4, 0.5) is 11.4 Å². The van der Waals surface area contributed by atoms with Crippen molar-refractivity contribution in [1.82, 2.24) is 4.90 Å². The maximum atomic E-state index is 12.5. The second-order valence-electron chi connectivity index (χ2n) is 6.53. The molecule has 0 radical (unpaired) electrons. The van der Waals surface area contributed by atoms with Crippen molar-refractivity contribution in [2.45, 2.75) is 13.3 Å². The monoisotopic (exact) mass is 353 g/mol. The quantitative estimate of drug-likeness (QED) is 0.864. The summed E-state index contributed by atoms with van der Waals surface area (Å²) in [4.78, 5) is 17.4. The molecule has 0 saturated carbocycles. The Labute approximate surface area is 155 Å². The molecule has 3 rings (SSSR count). The first-order valence-electron chi connectivity index (χ1n) is 9.23. The minimum Gasteiger partial charge on any atom is -0.496 e. The van der Waals surface area contributed by atoms with Gasteiger partial charge in [0.15, 0.2) is 0 Å². The van der Waals surface area contributed by atoms with Crippen LogP contribution in [-0.2, 0) is 0 Å². The molecule has 0 aromatic heterocycles. The number of hydrogen-bond donors (Lipinski definition) is 1. The fraction of sp³-hybridized carbons (Fsp3) is 0.381. The highest BCUT2D eigenvalue weighted by Gasteiger charge is 2.16. The molecule has 1 fully saturated rings. The maximum Gasteiger partial charge on any atom is 0.259 e. The number of benzene rings is 2. The van der Waals surface area contributed by atoms with Crippen molar-refractivity contribution in [2.24, 2.45) is 0 Å². The number of nitrogens with zero attached hydrogens (tertiary/aromatic N) is 2. The standard InChI is InChI=1S/C21H27N3O2/c1-3-12-23-13-15-24(16-14-23)18-10-8-17(9-11-18)22-21(25)19-6-4-5-7-20(19)26-2/h4-11H,3,12-16H2,1-2H3,(H,22,25). The van der Waals surface area contributed by atoms with Gasteiger partial charge >= 0.3 is 0 Å². The molecule has 0 atom stereocenters. The maximum absolute atomic E-state index is 12.5. The first-order chi connectivity index (χ1) is 12.7. The van der Waals surface area contributed by atoms with Gasteiger partial charge in [0.25, 0.3) is 5.91 Å². The second kappa shape index (κ2) is 8.72. The largest absolute Gasteiger partial charge is 0.496 e. The van der Waals surface area contributed by atoms with Gasteiger partial charge in [-0.2, -0.15) is 0 Å². The van der Waals surface area contributed by atoms with Gasteiger partial charge in [0, 0.05) is 37.6 Å². The van der Waals surface area contributed by atoms with Crippen LogP contribution in [0, 0.1) is 0 Å². The lowest BCUT2D eigenvalue weighted by molar-refractivity contribution is 0.102. The van der Waals surface area contributed by atoms with Crippen LogP contribution in [0.1, 0.15) is 23.7 Å². The number of hydrogen-bond acceptors (Lipinski definition) is 4. The van der Waals surface area contributed by atoms with Crippen LogP contribution in [0.5, 0.6) is 5.75 Å². The molecule has 2 aromatic rings. The number of nitrogens with one attached hydrogen (secondary N) is 1. The summed E-state index contributed by atoms with van der Waals surface area (Å²) < 4.78 is 5.26. The number of para-hydroxylation sites is 1. The third kappa shape index (κ3) is 4.35. The van der Waals surface area contributed by atoms with E-state index in [-0.39, 0.29) is 5.91 Å². The van der Waals surface area contributed by atoms with E-state index < -0.39 is 0 Å². The molecular formula is C21H27N3O2. The molecule has 1 N–H and O–H groups in total. The normalized spacial score (nSPS) is 14.9. The predicted molar refractivity (Wildman–Crippen MR) is 106 cm³/mol. The molecular weight excluding hydrogens is 326 g/mol. The smallest absolute Gasteiger partial charge is 0.259 e. The Kier molecular flexibility index (Phi) is 6.12. The summed E-state index contributed by atoms with van der Waals surface area (Å²) in [7, 11) is 1.57. The van der Waals surface area contributed by atoms with Crippen LogP contribution >= 0.6 is 0 Å². The second-order valence-corrected chi connectivity index (χ2v) is 6.53. The third-order valence-electron chi connectivity index (χ3n) is 4.75. The molecule has 138 valence electrons. The van der Waals surface area contributed by atoms with Gasteiger partial charge in [-0.25, -0.2) is 0 Å². The number of ether oxygens (including phenoxy) is 1. The zero-order valence-corrected chi connectivity index (χ0v) is 15.6. The Morgan fingerprint density at radius 1 is 1.04 bits per heavy atom.